The third kappa shape index (κ3) is 4.06. The zero-order valence-corrected chi connectivity index (χ0v) is 11.7. The highest BCUT2D eigenvalue weighted by Crippen LogP contribution is 2.27. The van der Waals surface area contributed by atoms with Crippen LogP contribution in [0.2, 0.25) is 0 Å². The van der Waals surface area contributed by atoms with Crippen LogP contribution in [0.4, 0.5) is 0 Å². The van der Waals surface area contributed by atoms with Crippen LogP contribution < -0.4 is 4.74 Å². The van der Waals surface area contributed by atoms with E-state index in [1.165, 1.54) is 12.7 Å². The molecule has 0 aromatic heterocycles. The third-order valence-corrected chi connectivity index (χ3v) is 3.32. The predicted octanol–water partition coefficient (Wildman–Crippen LogP) is 3.32. The number of rotatable bonds is 6. The lowest BCUT2D eigenvalue weighted by molar-refractivity contribution is -0.141. The molecule has 0 amide bonds. The van der Waals surface area contributed by atoms with Gasteiger partial charge in [-0.2, -0.15) is 0 Å². The fourth-order valence-electron chi connectivity index (χ4n) is 1.56. The van der Waals surface area contributed by atoms with Gasteiger partial charge in [0.15, 0.2) is 0 Å². The molecule has 0 N–H and O–H groups in total. The van der Waals surface area contributed by atoms with Gasteiger partial charge in [-0.3, -0.25) is 4.79 Å². The number of esters is 1. The van der Waals surface area contributed by atoms with Gasteiger partial charge in [0.25, 0.3) is 0 Å². The number of carbonyl (C=O) groups is 1. The summed E-state index contributed by atoms with van der Waals surface area (Å²) in [7, 11) is 1.38. The quantitative estimate of drug-likeness (QED) is 0.727. The van der Waals surface area contributed by atoms with Crippen LogP contribution in [-0.2, 0) is 14.9 Å². The Balaban J connectivity index is 2.53. The fourth-order valence-corrected chi connectivity index (χ4v) is 1.56. The molecule has 0 saturated heterocycles. The lowest BCUT2D eigenvalue weighted by atomic mass is 9.82. The Morgan fingerprint density at radius 2 is 1.83 bits per heavy atom. The second-order valence-electron chi connectivity index (χ2n) is 4.94. The molecule has 0 saturated carbocycles. The Bertz CT molecular complexity index is 379. The number of hydrogen-bond donors (Lipinski definition) is 0. The molecule has 1 rings (SSSR count). The summed E-state index contributed by atoms with van der Waals surface area (Å²) in [6, 6.07) is 8.06. The molecule has 0 unspecified atom stereocenters. The average molecular weight is 250 g/mol. The van der Waals surface area contributed by atoms with E-state index in [1.54, 1.807) is 0 Å². The van der Waals surface area contributed by atoms with E-state index in [9.17, 15) is 4.79 Å². The molecule has 0 aliphatic carbocycles. The minimum absolute atomic E-state index is 0.185. The van der Waals surface area contributed by atoms with Gasteiger partial charge in [-0.25, -0.2) is 0 Å². The summed E-state index contributed by atoms with van der Waals surface area (Å²) in [6.07, 6.45) is 1.37. The molecule has 0 fully saturated rings. The van der Waals surface area contributed by atoms with Gasteiger partial charge in [0.05, 0.1) is 20.1 Å². The van der Waals surface area contributed by atoms with E-state index < -0.39 is 0 Å². The van der Waals surface area contributed by atoms with Crippen molar-refractivity contribution in [2.45, 2.75) is 39.0 Å². The van der Waals surface area contributed by atoms with E-state index in [2.05, 4.69) is 37.6 Å². The molecule has 18 heavy (non-hydrogen) atoms. The van der Waals surface area contributed by atoms with Gasteiger partial charge in [-0.15, -0.1) is 0 Å². The summed E-state index contributed by atoms with van der Waals surface area (Å²) < 4.78 is 10.0. The Morgan fingerprint density at radius 1 is 1.22 bits per heavy atom. The number of ether oxygens (including phenoxy) is 2. The van der Waals surface area contributed by atoms with Crippen molar-refractivity contribution in [1.82, 2.24) is 0 Å². The second kappa shape index (κ2) is 6.43. The molecule has 3 nitrogen and oxygen atoms in total. The van der Waals surface area contributed by atoms with Gasteiger partial charge < -0.3 is 9.47 Å². The Hall–Kier alpha value is -1.51. The highest BCUT2D eigenvalue weighted by Gasteiger charge is 2.17. The number of methoxy groups -OCH3 is 1. The first kappa shape index (κ1) is 14.6. The van der Waals surface area contributed by atoms with Gasteiger partial charge in [0.1, 0.15) is 5.75 Å². The van der Waals surface area contributed by atoms with E-state index in [0.29, 0.717) is 6.61 Å². The van der Waals surface area contributed by atoms with Crippen molar-refractivity contribution in [2.24, 2.45) is 0 Å². The first-order chi connectivity index (χ1) is 8.49. The van der Waals surface area contributed by atoms with Crippen LogP contribution in [0.3, 0.4) is 0 Å². The number of benzene rings is 1. The van der Waals surface area contributed by atoms with Crippen molar-refractivity contribution in [1.29, 1.82) is 0 Å². The normalized spacial score (nSPS) is 11.1. The van der Waals surface area contributed by atoms with Crippen LogP contribution >= 0.6 is 0 Å². The lowest BCUT2D eigenvalue weighted by Gasteiger charge is -2.23. The van der Waals surface area contributed by atoms with Crippen molar-refractivity contribution in [3.05, 3.63) is 29.8 Å². The van der Waals surface area contributed by atoms with Crippen LogP contribution in [-0.4, -0.2) is 19.7 Å². The standard InChI is InChI=1S/C15H22O3/c1-5-15(2,3)12-6-8-13(9-7-12)18-11-10-14(16)17-4/h6-9H,5,10-11H2,1-4H3. The minimum Gasteiger partial charge on any atom is -0.493 e. The van der Waals surface area contributed by atoms with E-state index in [-0.39, 0.29) is 17.8 Å². The molecule has 100 valence electrons. The van der Waals surface area contributed by atoms with Crippen molar-refractivity contribution in [2.75, 3.05) is 13.7 Å². The van der Waals surface area contributed by atoms with E-state index in [1.807, 2.05) is 12.1 Å². The van der Waals surface area contributed by atoms with Gasteiger partial charge in [-0.1, -0.05) is 32.9 Å². The predicted molar refractivity (Wildman–Crippen MR) is 71.9 cm³/mol. The molecular formula is C15H22O3. The summed E-state index contributed by atoms with van der Waals surface area (Å²) in [4.78, 5) is 10.9. The first-order valence-electron chi connectivity index (χ1n) is 6.29. The van der Waals surface area contributed by atoms with Crippen LogP contribution in [0, 0.1) is 0 Å². The second-order valence-corrected chi connectivity index (χ2v) is 4.94. The van der Waals surface area contributed by atoms with Gasteiger partial charge >= 0.3 is 5.97 Å². The van der Waals surface area contributed by atoms with Crippen LogP contribution in [0.15, 0.2) is 24.3 Å². The van der Waals surface area contributed by atoms with Crippen molar-refractivity contribution < 1.29 is 14.3 Å². The van der Waals surface area contributed by atoms with Crippen LogP contribution in [0.5, 0.6) is 5.75 Å². The van der Waals surface area contributed by atoms with E-state index in [0.717, 1.165) is 12.2 Å². The highest BCUT2D eigenvalue weighted by atomic mass is 16.5. The average Bonchev–Trinajstić information content (AvgIpc) is 2.39. The molecule has 0 aliphatic rings. The Morgan fingerprint density at radius 3 is 2.33 bits per heavy atom. The molecule has 3 heteroatoms. The highest BCUT2D eigenvalue weighted by molar-refractivity contribution is 5.69. The largest absolute Gasteiger partial charge is 0.493 e. The number of hydrogen-bond acceptors (Lipinski definition) is 3. The van der Waals surface area contributed by atoms with E-state index >= 15 is 0 Å². The molecule has 0 aliphatic heterocycles. The molecule has 0 radical (unpaired) electrons. The molecule has 0 bridgehead atoms. The van der Waals surface area contributed by atoms with Crippen LogP contribution in [0.25, 0.3) is 0 Å². The van der Waals surface area contributed by atoms with Crippen molar-refractivity contribution >= 4 is 5.97 Å². The fraction of sp³-hybridized carbons (Fsp3) is 0.533. The van der Waals surface area contributed by atoms with Crippen molar-refractivity contribution in [3.8, 4) is 5.75 Å². The molecule has 0 heterocycles. The lowest BCUT2D eigenvalue weighted by Crippen LogP contribution is -2.15. The zero-order chi connectivity index (χ0) is 13.6. The first-order valence-corrected chi connectivity index (χ1v) is 6.29. The van der Waals surface area contributed by atoms with Crippen molar-refractivity contribution in [3.63, 3.8) is 0 Å². The summed E-state index contributed by atoms with van der Waals surface area (Å²) in [5.41, 5.74) is 1.48. The molecule has 0 atom stereocenters. The molecular weight excluding hydrogens is 228 g/mol. The number of carbonyl (C=O) groups excluding carboxylic acids is 1. The maximum absolute atomic E-state index is 10.9. The van der Waals surface area contributed by atoms with Crippen LogP contribution in [0.1, 0.15) is 39.2 Å². The monoisotopic (exact) mass is 250 g/mol. The van der Waals surface area contributed by atoms with Gasteiger partial charge in [-0.05, 0) is 29.5 Å². The van der Waals surface area contributed by atoms with Gasteiger partial charge in [0, 0.05) is 0 Å². The summed E-state index contributed by atoms with van der Waals surface area (Å²) >= 11 is 0. The Labute approximate surface area is 109 Å². The van der Waals surface area contributed by atoms with E-state index in [4.69, 9.17) is 4.74 Å². The Kier molecular flexibility index (Phi) is 5.20. The summed E-state index contributed by atoms with van der Waals surface area (Å²) in [5, 5.41) is 0. The van der Waals surface area contributed by atoms with Gasteiger partial charge in [0.2, 0.25) is 0 Å². The SMILES string of the molecule is CCC(C)(C)c1ccc(OCCC(=O)OC)cc1. The topological polar surface area (TPSA) is 35.5 Å². The maximum atomic E-state index is 10.9. The summed E-state index contributed by atoms with van der Waals surface area (Å²) in [5.74, 6) is 0.535. The zero-order valence-electron chi connectivity index (χ0n) is 11.7. The maximum Gasteiger partial charge on any atom is 0.308 e. The molecule has 0 spiro atoms. The molecule has 1 aromatic carbocycles. The minimum atomic E-state index is -0.251. The third-order valence-electron chi connectivity index (χ3n) is 3.32. The smallest absolute Gasteiger partial charge is 0.308 e. The summed E-state index contributed by atoms with van der Waals surface area (Å²) in [6.45, 7) is 6.98. The molecule has 1 aromatic rings.